The zero-order valence-electron chi connectivity index (χ0n) is 9.84. The molecule has 0 heterocycles. The number of hydrogen-bond acceptors (Lipinski definition) is 3. The summed E-state index contributed by atoms with van der Waals surface area (Å²) >= 11 is 0. The quantitative estimate of drug-likeness (QED) is 0.587. The van der Waals surface area contributed by atoms with E-state index in [0.29, 0.717) is 25.7 Å². The highest BCUT2D eigenvalue weighted by atomic mass is 28.4. The van der Waals surface area contributed by atoms with Gasteiger partial charge in [-0.15, -0.1) is 0 Å². The van der Waals surface area contributed by atoms with Crippen LogP contribution in [0.3, 0.4) is 0 Å². The van der Waals surface area contributed by atoms with Crippen LogP contribution in [0.1, 0.15) is 27.7 Å². The average Bonchev–Trinajstić information content (AvgIpc) is 2.03. The fourth-order valence-corrected chi connectivity index (χ4v) is 4.16. The van der Waals surface area contributed by atoms with Crippen LogP contribution in [0.25, 0.3) is 0 Å². The van der Waals surface area contributed by atoms with E-state index < -0.39 is 8.80 Å². The van der Waals surface area contributed by atoms with E-state index >= 15 is 0 Å². The lowest BCUT2D eigenvalue weighted by Crippen LogP contribution is -2.47. The average molecular weight is 219 g/mol. The summed E-state index contributed by atoms with van der Waals surface area (Å²) in [4.78, 5) is 0. The van der Waals surface area contributed by atoms with E-state index in [2.05, 4.69) is 13.8 Å². The molecule has 0 aliphatic carbocycles. The van der Waals surface area contributed by atoms with E-state index in [4.69, 9.17) is 13.3 Å². The van der Waals surface area contributed by atoms with E-state index in [1.807, 2.05) is 20.8 Å². The van der Waals surface area contributed by atoms with Crippen molar-refractivity contribution in [2.45, 2.75) is 33.7 Å². The van der Waals surface area contributed by atoms with E-state index in [1.165, 1.54) is 0 Å². The Hall–Kier alpha value is 0.0969. The molecule has 0 fully saturated rings. The van der Waals surface area contributed by atoms with E-state index in [-0.39, 0.29) is 0 Å². The highest BCUT2D eigenvalue weighted by Gasteiger charge is 2.40. The smallest absolute Gasteiger partial charge is 0.374 e. The van der Waals surface area contributed by atoms with Crippen LogP contribution in [-0.2, 0) is 13.3 Å². The molecule has 4 heteroatoms. The van der Waals surface area contributed by atoms with Gasteiger partial charge in [0.05, 0.1) is 0 Å². The van der Waals surface area contributed by atoms with Gasteiger partial charge < -0.3 is 13.3 Å². The maximum atomic E-state index is 5.68. The van der Waals surface area contributed by atoms with Crippen molar-refractivity contribution in [2.75, 3.05) is 19.8 Å². The normalized spacial score (nSPS) is 12.4. The maximum Gasteiger partial charge on any atom is 0.501 e. The Balaban J connectivity index is 4.37. The number of hydrogen-bond donors (Lipinski definition) is 0. The van der Waals surface area contributed by atoms with Gasteiger partial charge in [-0.2, -0.15) is 0 Å². The summed E-state index contributed by atoms with van der Waals surface area (Å²) in [5.74, 6) is 0.298. The first-order valence-corrected chi connectivity index (χ1v) is 7.28. The van der Waals surface area contributed by atoms with Crippen LogP contribution in [0.4, 0.5) is 0 Å². The van der Waals surface area contributed by atoms with Gasteiger partial charge in [0.1, 0.15) is 0 Å². The van der Waals surface area contributed by atoms with E-state index in [1.54, 1.807) is 0 Å². The first-order chi connectivity index (χ1) is 6.60. The first kappa shape index (κ1) is 14.1. The van der Waals surface area contributed by atoms with Gasteiger partial charge in [-0.25, -0.2) is 0 Å². The fraction of sp³-hybridized carbons (Fsp3) is 0.900. The fourth-order valence-electron chi connectivity index (χ4n) is 1.39. The van der Waals surface area contributed by atoms with Crippen molar-refractivity contribution >= 4 is 8.80 Å². The SMILES string of the molecule is [CH2]C(C)C[Si](OCC)(OCC)OCC. The van der Waals surface area contributed by atoms with Crippen molar-refractivity contribution < 1.29 is 13.3 Å². The highest BCUT2D eigenvalue weighted by molar-refractivity contribution is 6.60. The van der Waals surface area contributed by atoms with Crippen LogP contribution in [0.5, 0.6) is 0 Å². The third-order valence-corrected chi connectivity index (χ3v) is 5.07. The molecular formula is C10H23O3Si. The number of rotatable bonds is 8. The van der Waals surface area contributed by atoms with Gasteiger partial charge in [0.2, 0.25) is 0 Å². The van der Waals surface area contributed by atoms with Gasteiger partial charge in [-0.05, 0) is 26.7 Å². The van der Waals surface area contributed by atoms with Crippen molar-refractivity contribution in [3.05, 3.63) is 6.92 Å². The molecule has 1 unspecified atom stereocenters. The lowest BCUT2D eigenvalue weighted by atomic mass is 10.3. The molecule has 1 radical (unpaired) electrons. The molecule has 0 bridgehead atoms. The van der Waals surface area contributed by atoms with Crippen LogP contribution in [0, 0.1) is 12.8 Å². The lowest BCUT2D eigenvalue weighted by molar-refractivity contribution is 0.0690. The predicted molar refractivity (Wildman–Crippen MR) is 60.0 cm³/mol. The molecule has 0 aliphatic rings. The molecule has 0 aromatic heterocycles. The summed E-state index contributed by atoms with van der Waals surface area (Å²) in [7, 11) is -2.42. The van der Waals surface area contributed by atoms with Gasteiger partial charge in [0.25, 0.3) is 0 Å². The van der Waals surface area contributed by atoms with Gasteiger partial charge in [0.15, 0.2) is 0 Å². The standard InChI is InChI=1S/C10H23O3Si/c1-6-11-14(12-7-2,13-8-3)9-10(4)5/h10H,4,6-9H2,1-3,5H3. The summed E-state index contributed by atoms with van der Waals surface area (Å²) in [6.45, 7) is 13.8. The van der Waals surface area contributed by atoms with Crippen LogP contribution < -0.4 is 0 Å². The summed E-state index contributed by atoms with van der Waals surface area (Å²) in [5, 5.41) is 0. The Kier molecular flexibility index (Phi) is 7.45. The topological polar surface area (TPSA) is 27.7 Å². The zero-order valence-corrected chi connectivity index (χ0v) is 10.8. The van der Waals surface area contributed by atoms with Gasteiger partial charge in [0, 0.05) is 25.9 Å². The van der Waals surface area contributed by atoms with Gasteiger partial charge in [-0.3, -0.25) is 0 Å². The predicted octanol–water partition coefficient (Wildman–Crippen LogP) is 2.50. The molecule has 14 heavy (non-hydrogen) atoms. The second kappa shape index (κ2) is 7.40. The van der Waals surface area contributed by atoms with Crippen molar-refractivity contribution in [2.24, 2.45) is 5.92 Å². The second-order valence-electron chi connectivity index (χ2n) is 3.29. The monoisotopic (exact) mass is 219 g/mol. The Bertz CT molecular complexity index is 122. The second-order valence-corrected chi connectivity index (χ2v) is 5.93. The van der Waals surface area contributed by atoms with Crippen LogP contribution in [-0.4, -0.2) is 28.6 Å². The zero-order chi connectivity index (χ0) is 11.0. The Morgan fingerprint density at radius 1 is 1.00 bits per heavy atom. The Morgan fingerprint density at radius 2 is 1.36 bits per heavy atom. The summed E-state index contributed by atoms with van der Waals surface area (Å²) in [6, 6.07) is 0.794. The molecule has 1 atom stereocenters. The molecule has 0 saturated heterocycles. The third-order valence-electron chi connectivity index (χ3n) is 1.69. The van der Waals surface area contributed by atoms with Crippen LogP contribution in [0.2, 0.25) is 6.04 Å². The minimum absolute atomic E-state index is 0.298. The molecule has 0 rings (SSSR count). The summed E-state index contributed by atoms with van der Waals surface area (Å²) in [5.41, 5.74) is 0. The van der Waals surface area contributed by atoms with Crippen molar-refractivity contribution in [3.8, 4) is 0 Å². The third kappa shape index (κ3) is 5.10. The lowest BCUT2D eigenvalue weighted by Gasteiger charge is -2.29. The Morgan fingerprint density at radius 3 is 1.57 bits per heavy atom. The molecule has 0 N–H and O–H groups in total. The summed E-state index contributed by atoms with van der Waals surface area (Å²) < 4.78 is 17.0. The molecule has 0 spiro atoms. The molecule has 0 amide bonds. The minimum Gasteiger partial charge on any atom is -0.374 e. The summed E-state index contributed by atoms with van der Waals surface area (Å²) in [6.07, 6.45) is 0. The van der Waals surface area contributed by atoms with E-state index in [9.17, 15) is 0 Å². The maximum absolute atomic E-state index is 5.68. The van der Waals surface area contributed by atoms with Crippen molar-refractivity contribution in [1.82, 2.24) is 0 Å². The van der Waals surface area contributed by atoms with Gasteiger partial charge >= 0.3 is 8.80 Å². The molecule has 85 valence electrons. The Labute approximate surface area is 89.1 Å². The molecule has 0 aromatic rings. The highest BCUT2D eigenvalue weighted by Crippen LogP contribution is 2.20. The van der Waals surface area contributed by atoms with E-state index in [0.717, 1.165) is 6.04 Å². The first-order valence-electron chi connectivity index (χ1n) is 5.35. The van der Waals surface area contributed by atoms with Gasteiger partial charge in [-0.1, -0.05) is 13.8 Å². The van der Waals surface area contributed by atoms with Crippen molar-refractivity contribution in [3.63, 3.8) is 0 Å². The molecular weight excluding hydrogens is 196 g/mol. The van der Waals surface area contributed by atoms with Crippen LogP contribution >= 0.6 is 0 Å². The molecule has 0 saturated carbocycles. The molecule has 0 aliphatic heterocycles. The van der Waals surface area contributed by atoms with Crippen molar-refractivity contribution in [1.29, 1.82) is 0 Å². The molecule has 0 aromatic carbocycles. The minimum atomic E-state index is -2.42. The molecule has 3 nitrogen and oxygen atoms in total. The largest absolute Gasteiger partial charge is 0.501 e. The van der Waals surface area contributed by atoms with Crippen LogP contribution in [0.15, 0.2) is 0 Å².